The lowest BCUT2D eigenvalue weighted by molar-refractivity contribution is 0.0318. The summed E-state index contributed by atoms with van der Waals surface area (Å²) >= 11 is 0. The first-order valence-corrected chi connectivity index (χ1v) is 6.34. The van der Waals surface area contributed by atoms with Crippen LogP contribution in [-0.4, -0.2) is 31.6 Å². The summed E-state index contributed by atoms with van der Waals surface area (Å²) < 4.78 is 5.83. The van der Waals surface area contributed by atoms with Gasteiger partial charge in [0.25, 0.3) is 0 Å². The van der Waals surface area contributed by atoms with Crippen LogP contribution < -0.4 is 5.32 Å². The Morgan fingerprint density at radius 3 is 2.80 bits per heavy atom. The molecule has 0 aromatic carbocycles. The molecule has 0 aromatic rings. The first-order chi connectivity index (χ1) is 7.45. The number of rotatable bonds is 4. The van der Waals surface area contributed by atoms with Crippen molar-refractivity contribution < 1.29 is 4.74 Å². The zero-order valence-corrected chi connectivity index (χ0v) is 9.50. The molecule has 1 saturated carbocycles. The van der Waals surface area contributed by atoms with Gasteiger partial charge in [-0.1, -0.05) is 19.3 Å². The fourth-order valence-electron chi connectivity index (χ4n) is 2.34. The summed E-state index contributed by atoms with van der Waals surface area (Å²) in [6.07, 6.45) is 9.51. The third-order valence-electron chi connectivity index (χ3n) is 3.21. The molecule has 1 aliphatic carbocycles. The Labute approximate surface area is 92.3 Å². The highest BCUT2D eigenvalue weighted by Crippen LogP contribution is 2.19. The maximum absolute atomic E-state index is 5.83. The molecule has 0 atom stereocenters. The number of amidine groups is 1. The molecule has 0 bridgehead atoms. The molecular formula is C12H22N2O. The largest absolute Gasteiger partial charge is 0.376 e. The van der Waals surface area contributed by atoms with Crippen molar-refractivity contribution in [2.45, 2.75) is 51.0 Å². The van der Waals surface area contributed by atoms with Gasteiger partial charge in [-0.25, -0.2) is 0 Å². The molecule has 2 aliphatic rings. The van der Waals surface area contributed by atoms with E-state index in [1.165, 1.54) is 44.4 Å². The highest BCUT2D eigenvalue weighted by Gasteiger charge is 2.13. The van der Waals surface area contributed by atoms with Crippen LogP contribution in [0.4, 0.5) is 0 Å². The molecule has 0 radical (unpaired) electrons. The molecule has 0 saturated heterocycles. The Kier molecular flexibility index (Phi) is 4.45. The van der Waals surface area contributed by atoms with E-state index in [-0.39, 0.29) is 0 Å². The van der Waals surface area contributed by atoms with E-state index in [4.69, 9.17) is 4.74 Å². The topological polar surface area (TPSA) is 33.6 Å². The lowest BCUT2D eigenvalue weighted by Crippen LogP contribution is -2.28. The predicted octanol–water partition coefficient (Wildman–Crippen LogP) is 2.12. The van der Waals surface area contributed by atoms with Crippen LogP contribution in [0.1, 0.15) is 44.9 Å². The lowest BCUT2D eigenvalue weighted by atomic mass is 9.98. The van der Waals surface area contributed by atoms with E-state index in [1.54, 1.807) is 0 Å². The van der Waals surface area contributed by atoms with E-state index in [0.717, 1.165) is 26.1 Å². The fraction of sp³-hybridized carbons (Fsp3) is 0.917. The zero-order valence-electron chi connectivity index (χ0n) is 9.50. The number of hydrogen-bond donors (Lipinski definition) is 1. The SMILES string of the molecule is C1CCC(OCCNC2=NCCC2)CC1. The molecule has 2 rings (SSSR count). The van der Waals surface area contributed by atoms with Crippen molar-refractivity contribution in [3.8, 4) is 0 Å². The van der Waals surface area contributed by atoms with Gasteiger partial charge in [0.2, 0.25) is 0 Å². The van der Waals surface area contributed by atoms with E-state index in [0.29, 0.717) is 6.10 Å². The van der Waals surface area contributed by atoms with Gasteiger partial charge in [0, 0.05) is 19.5 Å². The van der Waals surface area contributed by atoms with E-state index >= 15 is 0 Å². The Morgan fingerprint density at radius 2 is 2.07 bits per heavy atom. The fourth-order valence-corrected chi connectivity index (χ4v) is 2.34. The maximum atomic E-state index is 5.83. The summed E-state index contributed by atoms with van der Waals surface area (Å²) in [5.41, 5.74) is 0. The van der Waals surface area contributed by atoms with Crippen LogP contribution in [0, 0.1) is 0 Å². The molecule has 1 N–H and O–H groups in total. The molecule has 1 fully saturated rings. The van der Waals surface area contributed by atoms with Crippen LogP contribution in [0.3, 0.4) is 0 Å². The minimum Gasteiger partial charge on any atom is -0.376 e. The standard InChI is InChI=1S/C12H22N2O/c1-2-5-11(6-3-1)15-10-9-14-12-7-4-8-13-12/h11H,1-10H2,(H,13,14). The summed E-state index contributed by atoms with van der Waals surface area (Å²) in [6.45, 7) is 2.77. The van der Waals surface area contributed by atoms with Gasteiger partial charge in [-0.05, 0) is 19.3 Å². The highest BCUT2D eigenvalue weighted by molar-refractivity contribution is 5.83. The lowest BCUT2D eigenvalue weighted by Gasteiger charge is -2.22. The zero-order chi connectivity index (χ0) is 10.3. The summed E-state index contributed by atoms with van der Waals surface area (Å²) in [4.78, 5) is 4.37. The van der Waals surface area contributed by atoms with Crippen LogP contribution in [-0.2, 0) is 4.74 Å². The van der Waals surface area contributed by atoms with Crippen molar-refractivity contribution >= 4 is 5.84 Å². The van der Waals surface area contributed by atoms with Gasteiger partial charge >= 0.3 is 0 Å². The number of nitrogens with one attached hydrogen (secondary N) is 1. The predicted molar refractivity (Wildman–Crippen MR) is 62.4 cm³/mol. The van der Waals surface area contributed by atoms with E-state index < -0.39 is 0 Å². The van der Waals surface area contributed by atoms with E-state index in [9.17, 15) is 0 Å². The molecule has 1 heterocycles. The third kappa shape index (κ3) is 3.82. The Bertz CT molecular complexity index is 210. The van der Waals surface area contributed by atoms with Crippen LogP contribution in [0.5, 0.6) is 0 Å². The molecule has 3 heteroatoms. The smallest absolute Gasteiger partial charge is 0.0964 e. The molecule has 3 nitrogen and oxygen atoms in total. The minimum atomic E-state index is 0.533. The second-order valence-electron chi connectivity index (χ2n) is 4.49. The molecule has 0 unspecified atom stereocenters. The molecule has 1 aliphatic heterocycles. The number of nitrogens with zero attached hydrogens (tertiary/aromatic N) is 1. The van der Waals surface area contributed by atoms with Crippen molar-refractivity contribution in [1.82, 2.24) is 5.32 Å². The van der Waals surface area contributed by atoms with Gasteiger partial charge in [0.1, 0.15) is 0 Å². The number of aliphatic imine (C=N–C) groups is 1. The monoisotopic (exact) mass is 210 g/mol. The summed E-state index contributed by atoms with van der Waals surface area (Å²) in [5.74, 6) is 1.18. The van der Waals surface area contributed by atoms with Gasteiger partial charge in [-0.2, -0.15) is 0 Å². The average Bonchev–Trinajstić information content (AvgIpc) is 2.79. The first kappa shape index (κ1) is 10.9. The normalized spacial score (nSPS) is 22.8. The quantitative estimate of drug-likeness (QED) is 0.721. The van der Waals surface area contributed by atoms with Gasteiger partial charge < -0.3 is 10.1 Å². The van der Waals surface area contributed by atoms with Crippen LogP contribution >= 0.6 is 0 Å². The van der Waals surface area contributed by atoms with Crippen molar-refractivity contribution in [2.75, 3.05) is 19.7 Å². The van der Waals surface area contributed by atoms with Gasteiger partial charge in [0.05, 0.1) is 18.5 Å². The van der Waals surface area contributed by atoms with Gasteiger partial charge in [-0.3, -0.25) is 4.99 Å². The Balaban J connectivity index is 1.50. The molecule has 0 aromatic heterocycles. The minimum absolute atomic E-state index is 0.533. The van der Waals surface area contributed by atoms with Gasteiger partial charge in [0.15, 0.2) is 0 Å². The van der Waals surface area contributed by atoms with Crippen molar-refractivity contribution in [2.24, 2.45) is 4.99 Å². The molecule has 86 valence electrons. The number of hydrogen-bond acceptors (Lipinski definition) is 3. The highest BCUT2D eigenvalue weighted by atomic mass is 16.5. The average molecular weight is 210 g/mol. The molecule has 15 heavy (non-hydrogen) atoms. The summed E-state index contributed by atoms with van der Waals surface area (Å²) in [5, 5.41) is 3.35. The van der Waals surface area contributed by atoms with Crippen LogP contribution in [0.2, 0.25) is 0 Å². The second kappa shape index (κ2) is 6.11. The maximum Gasteiger partial charge on any atom is 0.0964 e. The van der Waals surface area contributed by atoms with E-state index in [1.807, 2.05) is 0 Å². The summed E-state index contributed by atoms with van der Waals surface area (Å²) in [7, 11) is 0. The molecular weight excluding hydrogens is 188 g/mol. The number of ether oxygens (including phenoxy) is 1. The Morgan fingerprint density at radius 1 is 1.20 bits per heavy atom. The summed E-state index contributed by atoms with van der Waals surface area (Å²) in [6, 6.07) is 0. The first-order valence-electron chi connectivity index (χ1n) is 6.34. The van der Waals surface area contributed by atoms with E-state index in [2.05, 4.69) is 10.3 Å². The molecule has 0 amide bonds. The van der Waals surface area contributed by atoms with Crippen molar-refractivity contribution in [3.05, 3.63) is 0 Å². The third-order valence-corrected chi connectivity index (χ3v) is 3.21. The Hall–Kier alpha value is -0.570. The van der Waals surface area contributed by atoms with Gasteiger partial charge in [-0.15, -0.1) is 0 Å². The molecule has 0 spiro atoms. The second-order valence-corrected chi connectivity index (χ2v) is 4.49. The van der Waals surface area contributed by atoms with Crippen molar-refractivity contribution in [3.63, 3.8) is 0 Å². The van der Waals surface area contributed by atoms with Crippen molar-refractivity contribution in [1.29, 1.82) is 0 Å². The van der Waals surface area contributed by atoms with Crippen LogP contribution in [0.25, 0.3) is 0 Å². The van der Waals surface area contributed by atoms with Crippen LogP contribution in [0.15, 0.2) is 4.99 Å².